The molecule has 1 aromatic carbocycles. The number of benzene rings is 1. The highest BCUT2D eigenvalue weighted by Crippen LogP contribution is 2.21. The monoisotopic (exact) mass is 261 g/mol. The maximum absolute atomic E-state index is 12.2. The molecule has 1 amide bonds. The molecule has 1 aromatic rings. The Kier molecular flexibility index (Phi) is 3.87. The molecule has 18 heavy (non-hydrogen) atoms. The lowest BCUT2D eigenvalue weighted by atomic mass is 10.00. The van der Waals surface area contributed by atoms with Gasteiger partial charge in [-0.25, -0.2) is 0 Å². The van der Waals surface area contributed by atoms with Crippen molar-refractivity contribution in [1.82, 2.24) is 5.32 Å². The molecular formula is C15H16ClNO. The molecule has 0 spiro atoms. The summed E-state index contributed by atoms with van der Waals surface area (Å²) in [6.07, 6.45) is 6.88. The second-order valence-electron chi connectivity index (χ2n) is 4.64. The fourth-order valence-electron chi connectivity index (χ4n) is 2.06. The molecule has 1 unspecified atom stereocenters. The summed E-state index contributed by atoms with van der Waals surface area (Å²) >= 11 is 6.08. The summed E-state index contributed by atoms with van der Waals surface area (Å²) in [6.45, 7) is 4.01. The smallest absolute Gasteiger partial charge is 0.257 e. The molecule has 0 bridgehead atoms. The Bertz CT molecular complexity index is 511. The van der Waals surface area contributed by atoms with E-state index in [4.69, 9.17) is 11.6 Å². The van der Waals surface area contributed by atoms with Gasteiger partial charge >= 0.3 is 0 Å². The number of allylic oxidation sites excluding steroid dienone is 4. The van der Waals surface area contributed by atoms with Crippen LogP contribution in [0.25, 0.3) is 0 Å². The number of aryl methyl sites for hydroxylation is 1. The van der Waals surface area contributed by atoms with Gasteiger partial charge < -0.3 is 5.32 Å². The first-order valence-electron chi connectivity index (χ1n) is 6.01. The lowest BCUT2D eigenvalue weighted by Gasteiger charge is -2.16. The van der Waals surface area contributed by atoms with E-state index in [0.29, 0.717) is 16.5 Å². The largest absolute Gasteiger partial charge is 0.326 e. The van der Waals surface area contributed by atoms with E-state index in [0.717, 1.165) is 17.7 Å². The first-order valence-corrected chi connectivity index (χ1v) is 6.39. The molecule has 0 radical (unpaired) electrons. The van der Waals surface area contributed by atoms with Gasteiger partial charge in [0, 0.05) is 5.70 Å². The van der Waals surface area contributed by atoms with Gasteiger partial charge in [0.1, 0.15) is 0 Å². The van der Waals surface area contributed by atoms with Crippen LogP contribution < -0.4 is 5.32 Å². The third-order valence-electron chi connectivity index (χ3n) is 3.00. The fraction of sp³-hybridized carbons (Fsp3) is 0.267. The molecule has 1 N–H and O–H groups in total. The van der Waals surface area contributed by atoms with Crippen molar-refractivity contribution in [2.75, 3.05) is 0 Å². The zero-order valence-electron chi connectivity index (χ0n) is 10.5. The first kappa shape index (κ1) is 12.9. The van der Waals surface area contributed by atoms with Crippen molar-refractivity contribution < 1.29 is 4.79 Å². The summed E-state index contributed by atoms with van der Waals surface area (Å²) in [5.74, 6) is 0.324. The maximum Gasteiger partial charge on any atom is 0.257 e. The number of hydrogen-bond acceptors (Lipinski definition) is 1. The van der Waals surface area contributed by atoms with E-state index in [-0.39, 0.29) is 5.91 Å². The molecule has 0 saturated heterocycles. The molecule has 0 heterocycles. The lowest BCUT2D eigenvalue weighted by molar-refractivity contribution is 0.0963. The van der Waals surface area contributed by atoms with E-state index in [9.17, 15) is 4.79 Å². The van der Waals surface area contributed by atoms with Crippen LogP contribution in [0.5, 0.6) is 0 Å². The average Bonchev–Trinajstić information content (AvgIpc) is 2.28. The predicted octanol–water partition coefficient (Wildman–Crippen LogP) is 3.86. The summed E-state index contributed by atoms with van der Waals surface area (Å²) < 4.78 is 0. The Morgan fingerprint density at radius 3 is 2.89 bits per heavy atom. The number of halogens is 1. The molecule has 0 saturated carbocycles. The maximum atomic E-state index is 12.2. The summed E-state index contributed by atoms with van der Waals surface area (Å²) in [7, 11) is 0. The molecule has 1 atom stereocenters. The highest BCUT2D eigenvalue weighted by Gasteiger charge is 2.15. The van der Waals surface area contributed by atoms with Crippen molar-refractivity contribution in [3.63, 3.8) is 0 Å². The average molecular weight is 262 g/mol. The van der Waals surface area contributed by atoms with E-state index < -0.39 is 0 Å². The molecule has 1 aliphatic rings. The fourth-order valence-corrected chi connectivity index (χ4v) is 2.37. The Balaban J connectivity index is 2.18. The van der Waals surface area contributed by atoms with Gasteiger partial charge in [-0.05, 0) is 37.0 Å². The number of rotatable bonds is 2. The van der Waals surface area contributed by atoms with Crippen LogP contribution in [0.15, 0.2) is 42.1 Å². The van der Waals surface area contributed by atoms with Crippen LogP contribution in [0.4, 0.5) is 0 Å². The predicted molar refractivity (Wildman–Crippen MR) is 74.7 cm³/mol. The molecule has 94 valence electrons. The second kappa shape index (κ2) is 5.40. The minimum Gasteiger partial charge on any atom is -0.326 e. The normalized spacial score (nSPS) is 18.4. The van der Waals surface area contributed by atoms with E-state index in [1.165, 1.54) is 0 Å². The number of amides is 1. The first-order chi connectivity index (χ1) is 8.58. The molecule has 1 aliphatic carbocycles. The van der Waals surface area contributed by atoms with Crippen LogP contribution in [0.1, 0.15) is 29.3 Å². The van der Waals surface area contributed by atoms with Crippen molar-refractivity contribution in [2.45, 2.75) is 20.3 Å². The number of carbonyl (C=O) groups excluding carboxylic acids is 1. The van der Waals surface area contributed by atoms with Crippen molar-refractivity contribution in [2.24, 2.45) is 5.92 Å². The molecule has 2 rings (SSSR count). The van der Waals surface area contributed by atoms with Crippen molar-refractivity contribution in [1.29, 1.82) is 0 Å². The van der Waals surface area contributed by atoms with Gasteiger partial charge in [-0.15, -0.1) is 0 Å². The van der Waals surface area contributed by atoms with Crippen LogP contribution in [0, 0.1) is 12.8 Å². The molecular weight excluding hydrogens is 246 g/mol. The minimum atomic E-state index is -0.133. The summed E-state index contributed by atoms with van der Waals surface area (Å²) in [5.41, 5.74) is 2.39. The Hall–Kier alpha value is -1.54. The number of carbonyl (C=O) groups is 1. The van der Waals surface area contributed by atoms with Crippen molar-refractivity contribution >= 4 is 17.5 Å². The highest BCUT2D eigenvalue weighted by molar-refractivity contribution is 6.34. The van der Waals surface area contributed by atoms with E-state index in [1.54, 1.807) is 6.07 Å². The topological polar surface area (TPSA) is 29.1 Å². The van der Waals surface area contributed by atoms with Crippen LogP contribution >= 0.6 is 11.6 Å². The van der Waals surface area contributed by atoms with Crippen LogP contribution in [0.2, 0.25) is 5.02 Å². The van der Waals surface area contributed by atoms with Gasteiger partial charge in [0.15, 0.2) is 0 Å². The standard InChI is InChI=1S/C15H16ClNO/c1-10-5-3-7-12(9-10)17-15(18)14-11(2)6-4-8-13(14)16/h3-8,10H,9H2,1-2H3,(H,17,18). The van der Waals surface area contributed by atoms with Gasteiger partial charge in [-0.1, -0.05) is 42.8 Å². The highest BCUT2D eigenvalue weighted by atomic mass is 35.5. The van der Waals surface area contributed by atoms with Gasteiger partial charge in [-0.2, -0.15) is 0 Å². The van der Waals surface area contributed by atoms with Gasteiger partial charge in [0.05, 0.1) is 10.6 Å². The minimum absolute atomic E-state index is 0.133. The van der Waals surface area contributed by atoms with E-state index in [2.05, 4.69) is 18.3 Å². The van der Waals surface area contributed by atoms with Gasteiger partial charge in [-0.3, -0.25) is 4.79 Å². The third-order valence-corrected chi connectivity index (χ3v) is 3.32. The van der Waals surface area contributed by atoms with Gasteiger partial charge in [0.2, 0.25) is 0 Å². The summed E-state index contributed by atoms with van der Waals surface area (Å²) in [6, 6.07) is 5.47. The Labute approximate surface area is 112 Å². The summed E-state index contributed by atoms with van der Waals surface area (Å²) in [5, 5.41) is 3.43. The SMILES string of the molecule is Cc1cccc(Cl)c1C(=O)NC1=CC=CC(C)C1. The van der Waals surface area contributed by atoms with Gasteiger partial charge in [0.25, 0.3) is 5.91 Å². The molecule has 0 fully saturated rings. The van der Waals surface area contributed by atoms with Crippen molar-refractivity contribution in [3.05, 3.63) is 58.3 Å². The molecule has 0 aliphatic heterocycles. The zero-order chi connectivity index (χ0) is 13.1. The second-order valence-corrected chi connectivity index (χ2v) is 5.05. The Morgan fingerprint density at radius 1 is 1.44 bits per heavy atom. The van der Waals surface area contributed by atoms with Crippen molar-refractivity contribution in [3.8, 4) is 0 Å². The quantitative estimate of drug-likeness (QED) is 0.861. The zero-order valence-corrected chi connectivity index (χ0v) is 11.3. The molecule has 0 aromatic heterocycles. The molecule has 3 heteroatoms. The number of nitrogens with one attached hydrogen (secondary N) is 1. The molecule has 2 nitrogen and oxygen atoms in total. The van der Waals surface area contributed by atoms with Crippen LogP contribution in [-0.4, -0.2) is 5.91 Å². The lowest BCUT2D eigenvalue weighted by Crippen LogP contribution is -2.25. The third kappa shape index (κ3) is 2.82. The van der Waals surface area contributed by atoms with Crippen LogP contribution in [-0.2, 0) is 0 Å². The van der Waals surface area contributed by atoms with Crippen LogP contribution in [0.3, 0.4) is 0 Å². The number of hydrogen-bond donors (Lipinski definition) is 1. The van der Waals surface area contributed by atoms with E-state index in [1.807, 2.05) is 31.2 Å². The van der Waals surface area contributed by atoms with E-state index >= 15 is 0 Å². The Morgan fingerprint density at radius 2 is 2.22 bits per heavy atom. The summed E-state index contributed by atoms with van der Waals surface area (Å²) in [4.78, 5) is 12.2.